The highest BCUT2D eigenvalue weighted by Gasteiger charge is 2.37. The summed E-state index contributed by atoms with van der Waals surface area (Å²) in [5.74, 6) is 5.84. The van der Waals surface area contributed by atoms with Crippen molar-refractivity contribution >= 4 is 15.9 Å². The van der Waals surface area contributed by atoms with Gasteiger partial charge in [-0.2, -0.15) is 5.10 Å². The molecule has 1 fully saturated rings. The Morgan fingerprint density at radius 2 is 2.24 bits per heavy atom. The topological polar surface area (TPSA) is 65.1 Å². The molecule has 0 radical (unpaired) electrons. The Morgan fingerprint density at radius 1 is 1.48 bits per heavy atom. The van der Waals surface area contributed by atoms with Gasteiger partial charge < -0.3 is 4.74 Å². The van der Waals surface area contributed by atoms with Gasteiger partial charge in [-0.15, -0.1) is 0 Å². The van der Waals surface area contributed by atoms with Crippen LogP contribution in [0.2, 0.25) is 0 Å². The molecule has 0 spiro atoms. The quantitative estimate of drug-likeness (QED) is 0.605. The van der Waals surface area contributed by atoms with Gasteiger partial charge in [0, 0.05) is 19.6 Å². The molecule has 0 bridgehead atoms. The van der Waals surface area contributed by atoms with Crippen molar-refractivity contribution in [3.63, 3.8) is 0 Å². The number of hydrazine groups is 1. The number of nitrogens with one attached hydrogen (secondary N) is 1. The van der Waals surface area contributed by atoms with Gasteiger partial charge in [0.1, 0.15) is 0 Å². The molecule has 0 aliphatic carbocycles. The van der Waals surface area contributed by atoms with Crippen LogP contribution in [0.3, 0.4) is 0 Å². The van der Waals surface area contributed by atoms with Gasteiger partial charge in [-0.05, 0) is 55.5 Å². The Kier molecular flexibility index (Phi) is 5.82. The number of rotatable bonds is 6. The van der Waals surface area contributed by atoms with Crippen molar-refractivity contribution in [2.45, 2.75) is 71.1 Å². The van der Waals surface area contributed by atoms with Crippen LogP contribution in [0.4, 0.5) is 0 Å². The molecular formula is C15H27BrN4O. The summed E-state index contributed by atoms with van der Waals surface area (Å²) in [6, 6.07) is 0.0841. The van der Waals surface area contributed by atoms with Gasteiger partial charge in [0.25, 0.3) is 0 Å². The maximum atomic E-state index is 6.05. The van der Waals surface area contributed by atoms with Crippen LogP contribution in [-0.4, -0.2) is 28.0 Å². The highest BCUT2D eigenvalue weighted by atomic mass is 79.9. The van der Waals surface area contributed by atoms with Crippen molar-refractivity contribution in [3.8, 4) is 0 Å². The molecule has 1 saturated heterocycles. The number of nitrogens with zero attached hydrogens (tertiary/aromatic N) is 2. The molecule has 2 atom stereocenters. The molecule has 1 aliphatic heterocycles. The predicted molar refractivity (Wildman–Crippen MR) is 88.0 cm³/mol. The lowest BCUT2D eigenvalue weighted by Gasteiger charge is -2.40. The molecule has 0 aromatic carbocycles. The van der Waals surface area contributed by atoms with E-state index in [1.54, 1.807) is 0 Å². The normalized spacial score (nSPS) is 24.2. The number of nitrogens with two attached hydrogens (primary N) is 1. The van der Waals surface area contributed by atoms with E-state index in [4.69, 9.17) is 10.6 Å². The fraction of sp³-hybridized carbons (Fsp3) is 0.800. The summed E-state index contributed by atoms with van der Waals surface area (Å²) in [6.07, 6.45) is 5.12. The van der Waals surface area contributed by atoms with Crippen molar-refractivity contribution in [3.05, 3.63) is 15.9 Å². The Bertz CT molecular complexity index is 468. The zero-order chi connectivity index (χ0) is 15.5. The van der Waals surface area contributed by atoms with Gasteiger partial charge in [0.15, 0.2) is 0 Å². The maximum absolute atomic E-state index is 6.05. The summed E-state index contributed by atoms with van der Waals surface area (Å²) in [7, 11) is 0. The first-order chi connectivity index (χ1) is 10.1. The van der Waals surface area contributed by atoms with Crippen LogP contribution in [0.5, 0.6) is 0 Å². The number of aryl methyl sites for hydroxylation is 2. The molecule has 2 heterocycles. The number of halogens is 1. The molecule has 2 rings (SSSR count). The van der Waals surface area contributed by atoms with Gasteiger partial charge in [0.05, 0.1) is 27.5 Å². The zero-order valence-corrected chi connectivity index (χ0v) is 14.9. The second-order valence-corrected chi connectivity index (χ2v) is 6.71. The Labute approximate surface area is 135 Å². The third-order valence-electron chi connectivity index (χ3n) is 4.53. The first-order valence-corrected chi connectivity index (χ1v) is 8.69. The summed E-state index contributed by atoms with van der Waals surface area (Å²) in [5, 5.41) is 4.66. The SMILES string of the molecule is CCc1nn(CC)c(CC(NN)C2(C)CCCCO2)c1Br. The van der Waals surface area contributed by atoms with Crippen LogP contribution < -0.4 is 11.3 Å². The van der Waals surface area contributed by atoms with E-state index in [2.05, 4.69) is 51.9 Å². The molecule has 1 aliphatic rings. The molecule has 120 valence electrons. The highest BCUT2D eigenvalue weighted by Crippen LogP contribution is 2.31. The lowest BCUT2D eigenvalue weighted by Crippen LogP contribution is -2.55. The molecule has 3 N–H and O–H groups in total. The smallest absolute Gasteiger partial charge is 0.0824 e. The average molecular weight is 359 g/mol. The van der Waals surface area contributed by atoms with Crippen molar-refractivity contribution in [2.75, 3.05) is 6.61 Å². The van der Waals surface area contributed by atoms with Crippen LogP contribution in [0.15, 0.2) is 4.47 Å². The van der Waals surface area contributed by atoms with Crippen molar-refractivity contribution < 1.29 is 4.74 Å². The van der Waals surface area contributed by atoms with Gasteiger partial charge >= 0.3 is 0 Å². The highest BCUT2D eigenvalue weighted by molar-refractivity contribution is 9.10. The van der Waals surface area contributed by atoms with E-state index in [1.807, 2.05) is 0 Å². The minimum atomic E-state index is -0.207. The number of hydrogen-bond donors (Lipinski definition) is 2. The lowest BCUT2D eigenvalue weighted by molar-refractivity contribution is -0.0887. The molecule has 1 aromatic rings. The Balaban J connectivity index is 2.24. The van der Waals surface area contributed by atoms with Crippen molar-refractivity contribution in [2.24, 2.45) is 5.84 Å². The molecular weight excluding hydrogens is 332 g/mol. The van der Waals surface area contributed by atoms with Crippen LogP contribution in [0.25, 0.3) is 0 Å². The number of hydrogen-bond acceptors (Lipinski definition) is 4. The van der Waals surface area contributed by atoms with E-state index in [-0.39, 0.29) is 11.6 Å². The van der Waals surface area contributed by atoms with Crippen LogP contribution in [0.1, 0.15) is 51.4 Å². The van der Waals surface area contributed by atoms with Gasteiger partial charge in [-0.3, -0.25) is 16.0 Å². The molecule has 6 heteroatoms. The van der Waals surface area contributed by atoms with Crippen LogP contribution in [-0.2, 0) is 24.1 Å². The minimum Gasteiger partial charge on any atom is -0.374 e. The van der Waals surface area contributed by atoms with E-state index in [0.717, 1.165) is 49.0 Å². The Hall–Kier alpha value is -0.430. The molecule has 1 aromatic heterocycles. The van der Waals surface area contributed by atoms with Crippen LogP contribution in [0, 0.1) is 0 Å². The number of aromatic nitrogens is 2. The molecule has 5 nitrogen and oxygen atoms in total. The molecule has 0 amide bonds. The summed E-state index contributed by atoms with van der Waals surface area (Å²) >= 11 is 3.71. The zero-order valence-electron chi connectivity index (χ0n) is 13.3. The van der Waals surface area contributed by atoms with Crippen molar-refractivity contribution in [1.82, 2.24) is 15.2 Å². The summed E-state index contributed by atoms with van der Waals surface area (Å²) < 4.78 is 9.24. The Morgan fingerprint density at radius 3 is 2.76 bits per heavy atom. The van der Waals surface area contributed by atoms with E-state index >= 15 is 0 Å². The second kappa shape index (κ2) is 7.22. The van der Waals surface area contributed by atoms with E-state index < -0.39 is 0 Å². The maximum Gasteiger partial charge on any atom is 0.0824 e. The fourth-order valence-electron chi connectivity index (χ4n) is 3.09. The van der Waals surface area contributed by atoms with Gasteiger partial charge in [0.2, 0.25) is 0 Å². The lowest BCUT2D eigenvalue weighted by atomic mass is 9.86. The third-order valence-corrected chi connectivity index (χ3v) is 5.44. The standard InChI is InChI=1S/C15H27BrN4O/c1-4-11-14(16)12(20(5-2)19-11)10-13(18-17)15(3)8-6-7-9-21-15/h13,18H,4-10,17H2,1-3H3. The average Bonchev–Trinajstić information content (AvgIpc) is 2.80. The third kappa shape index (κ3) is 3.50. The first-order valence-electron chi connectivity index (χ1n) is 7.89. The van der Waals surface area contributed by atoms with Crippen LogP contribution >= 0.6 is 15.9 Å². The summed E-state index contributed by atoms with van der Waals surface area (Å²) in [4.78, 5) is 0. The van der Waals surface area contributed by atoms with E-state index in [9.17, 15) is 0 Å². The molecule has 21 heavy (non-hydrogen) atoms. The summed E-state index contributed by atoms with van der Waals surface area (Å²) in [6.45, 7) is 8.09. The second-order valence-electron chi connectivity index (χ2n) is 5.92. The minimum absolute atomic E-state index is 0.0841. The largest absolute Gasteiger partial charge is 0.374 e. The predicted octanol–water partition coefficient (Wildman–Crippen LogP) is 2.56. The van der Waals surface area contributed by atoms with Gasteiger partial charge in [-0.25, -0.2) is 0 Å². The van der Waals surface area contributed by atoms with Crippen molar-refractivity contribution in [1.29, 1.82) is 0 Å². The monoisotopic (exact) mass is 358 g/mol. The first kappa shape index (κ1) is 16.9. The molecule has 2 unspecified atom stereocenters. The number of ether oxygens (including phenoxy) is 1. The van der Waals surface area contributed by atoms with E-state index in [0.29, 0.717) is 0 Å². The fourth-order valence-corrected chi connectivity index (χ4v) is 3.81. The summed E-state index contributed by atoms with van der Waals surface area (Å²) in [5.41, 5.74) is 5.08. The molecule has 0 saturated carbocycles. The van der Waals surface area contributed by atoms with E-state index in [1.165, 1.54) is 12.1 Å². The van der Waals surface area contributed by atoms with Gasteiger partial charge in [-0.1, -0.05) is 6.92 Å².